The fourth-order valence-corrected chi connectivity index (χ4v) is 2.94. The standard InChI is InChI=1S/C14H25NO7S/c1-6-11-8(2)9(3)13(14(22-11)21-10(4)16)15-12(17)7-20-23(5,18)19/h8-9,11,13-14H,6-7H2,1-5H3,(H,15,17)/t8-,9+,11?,13?,14?/m1/s1. The Morgan fingerprint density at radius 1 is 1.22 bits per heavy atom. The van der Waals surface area contributed by atoms with Crippen molar-refractivity contribution in [1.82, 2.24) is 5.32 Å². The van der Waals surface area contributed by atoms with E-state index in [2.05, 4.69) is 9.50 Å². The van der Waals surface area contributed by atoms with E-state index in [9.17, 15) is 18.0 Å². The van der Waals surface area contributed by atoms with Crippen LogP contribution in [0.4, 0.5) is 0 Å². The Kier molecular flexibility index (Phi) is 6.97. The van der Waals surface area contributed by atoms with Crippen molar-refractivity contribution in [3.05, 3.63) is 0 Å². The molecule has 0 saturated carbocycles. The molecule has 0 aromatic rings. The van der Waals surface area contributed by atoms with Crippen LogP contribution in [0.5, 0.6) is 0 Å². The van der Waals surface area contributed by atoms with Crippen LogP contribution in [0, 0.1) is 11.8 Å². The van der Waals surface area contributed by atoms with Crippen LogP contribution < -0.4 is 5.32 Å². The van der Waals surface area contributed by atoms with Crippen LogP contribution in [0.25, 0.3) is 0 Å². The van der Waals surface area contributed by atoms with Crippen LogP contribution in [0.15, 0.2) is 0 Å². The fraction of sp³-hybridized carbons (Fsp3) is 0.857. The van der Waals surface area contributed by atoms with Crippen LogP contribution in [0.2, 0.25) is 0 Å². The molecule has 8 nitrogen and oxygen atoms in total. The van der Waals surface area contributed by atoms with Crippen LogP contribution in [-0.4, -0.2) is 51.6 Å². The minimum absolute atomic E-state index is 0.0276. The van der Waals surface area contributed by atoms with Crippen LogP contribution in [-0.2, 0) is 33.4 Å². The lowest BCUT2D eigenvalue weighted by molar-refractivity contribution is -0.231. The zero-order valence-corrected chi connectivity index (χ0v) is 14.9. The Balaban J connectivity index is 2.81. The number of carbonyl (C=O) groups excluding carboxylic acids is 2. The first-order valence-corrected chi connectivity index (χ1v) is 9.33. The second kappa shape index (κ2) is 8.07. The number of nitrogens with one attached hydrogen (secondary N) is 1. The van der Waals surface area contributed by atoms with Gasteiger partial charge < -0.3 is 14.8 Å². The lowest BCUT2D eigenvalue weighted by Crippen LogP contribution is -2.58. The summed E-state index contributed by atoms with van der Waals surface area (Å²) in [5, 5.41) is 2.64. The molecular weight excluding hydrogens is 326 g/mol. The van der Waals surface area contributed by atoms with Gasteiger partial charge in [0.05, 0.1) is 18.4 Å². The van der Waals surface area contributed by atoms with E-state index < -0.39 is 40.9 Å². The third-order valence-electron chi connectivity index (χ3n) is 4.00. The average molecular weight is 351 g/mol. The number of ether oxygens (including phenoxy) is 2. The van der Waals surface area contributed by atoms with Crippen LogP contribution in [0.1, 0.15) is 34.1 Å². The second-order valence-electron chi connectivity index (χ2n) is 5.84. The largest absolute Gasteiger partial charge is 0.434 e. The third-order valence-corrected chi connectivity index (χ3v) is 4.55. The molecule has 23 heavy (non-hydrogen) atoms. The molecule has 1 aliphatic rings. The maximum absolute atomic E-state index is 11.9. The van der Waals surface area contributed by atoms with E-state index in [1.807, 2.05) is 20.8 Å². The molecule has 1 saturated heterocycles. The van der Waals surface area contributed by atoms with Crippen molar-refractivity contribution < 1.29 is 31.7 Å². The molecule has 1 N–H and O–H groups in total. The normalized spacial score (nSPS) is 31.4. The Hall–Kier alpha value is -1.19. The van der Waals surface area contributed by atoms with Crippen molar-refractivity contribution in [2.45, 2.75) is 52.6 Å². The summed E-state index contributed by atoms with van der Waals surface area (Å²) in [6, 6.07) is -0.577. The topological polar surface area (TPSA) is 108 Å². The highest BCUT2D eigenvalue weighted by Crippen LogP contribution is 2.32. The first-order chi connectivity index (χ1) is 10.5. The molecule has 1 rings (SSSR count). The van der Waals surface area contributed by atoms with Gasteiger partial charge in [-0.2, -0.15) is 8.42 Å². The summed E-state index contributed by atoms with van der Waals surface area (Å²) in [5.41, 5.74) is 0. The Labute approximate surface area is 137 Å². The Bertz CT molecular complexity index is 533. The molecule has 0 aromatic heterocycles. The van der Waals surface area contributed by atoms with Gasteiger partial charge in [0, 0.05) is 6.92 Å². The molecule has 3 unspecified atom stereocenters. The van der Waals surface area contributed by atoms with Crippen molar-refractivity contribution in [3.63, 3.8) is 0 Å². The molecular formula is C14H25NO7S. The molecule has 0 aliphatic carbocycles. The summed E-state index contributed by atoms with van der Waals surface area (Å²) in [6.45, 7) is 6.53. The first-order valence-electron chi connectivity index (χ1n) is 7.51. The summed E-state index contributed by atoms with van der Waals surface area (Å²) in [5.74, 6) is -1.03. The number of amides is 1. The quantitative estimate of drug-likeness (QED) is 0.545. The molecule has 0 aromatic carbocycles. The third kappa shape index (κ3) is 6.08. The van der Waals surface area contributed by atoms with Crippen molar-refractivity contribution in [1.29, 1.82) is 0 Å². The molecule has 0 radical (unpaired) electrons. The molecule has 5 atom stereocenters. The predicted octanol–water partition coefficient (Wildman–Crippen LogP) is 0.418. The van der Waals surface area contributed by atoms with E-state index >= 15 is 0 Å². The predicted molar refractivity (Wildman–Crippen MR) is 81.8 cm³/mol. The van der Waals surface area contributed by atoms with E-state index in [1.54, 1.807) is 0 Å². The second-order valence-corrected chi connectivity index (χ2v) is 7.48. The van der Waals surface area contributed by atoms with Gasteiger partial charge >= 0.3 is 5.97 Å². The van der Waals surface area contributed by atoms with Gasteiger partial charge in [-0.1, -0.05) is 20.8 Å². The zero-order chi connectivity index (χ0) is 17.8. The fourth-order valence-electron chi connectivity index (χ4n) is 2.61. The van der Waals surface area contributed by atoms with E-state index in [0.29, 0.717) is 0 Å². The maximum atomic E-state index is 11.9. The minimum Gasteiger partial charge on any atom is -0.434 e. The molecule has 0 spiro atoms. The number of rotatable bonds is 6. The summed E-state index contributed by atoms with van der Waals surface area (Å²) >= 11 is 0. The maximum Gasteiger partial charge on any atom is 0.305 e. The minimum atomic E-state index is -3.71. The van der Waals surface area contributed by atoms with Crippen molar-refractivity contribution in [2.75, 3.05) is 12.9 Å². The molecule has 1 aliphatic heterocycles. The molecule has 1 amide bonds. The summed E-state index contributed by atoms with van der Waals surface area (Å²) in [4.78, 5) is 23.2. The van der Waals surface area contributed by atoms with E-state index in [4.69, 9.17) is 9.47 Å². The van der Waals surface area contributed by atoms with Gasteiger partial charge in [0.2, 0.25) is 12.2 Å². The van der Waals surface area contributed by atoms with Crippen molar-refractivity contribution >= 4 is 22.0 Å². The summed E-state index contributed by atoms with van der Waals surface area (Å²) in [7, 11) is -3.71. The van der Waals surface area contributed by atoms with Gasteiger partial charge in [-0.25, -0.2) is 0 Å². The van der Waals surface area contributed by atoms with Crippen LogP contribution >= 0.6 is 0 Å². The number of carbonyl (C=O) groups is 2. The first kappa shape index (κ1) is 19.9. The van der Waals surface area contributed by atoms with E-state index in [-0.39, 0.29) is 17.9 Å². The van der Waals surface area contributed by atoms with Gasteiger partial charge in [-0.15, -0.1) is 0 Å². The van der Waals surface area contributed by atoms with Gasteiger partial charge in [0.15, 0.2) is 0 Å². The molecule has 0 bridgehead atoms. The highest BCUT2D eigenvalue weighted by molar-refractivity contribution is 7.86. The van der Waals surface area contributed by atoms with E-state index in [0.717, 1.165) is 12.7 Å². The smallest absolute Gasteiger partial charge is 0.305 e. The number of hydrogen-bond acceptors (Lipinski definition) is 7. The monoisotopic (exact) mass is 351 g/mol. The molecule has 9 heteroatoms. The zero-order valence-electron chi connectivity index (χ0n) is 14.1. The highest BCUT2D eigenvalue weighted by Gasteiger charge is 2.43. The molecule has 1 fully saturated rings. The van der Waals surface area contributed by atoms with Gasteiger partial charge in [0.25, 0.3) is 10.1 Å². The molecule has 1 heterocycles. The van der Waals surface area contributed by atoms with Gasteiger partial charge in [0.1, 0.15) is 6.61 Å². The molecule has 134 valence electrons. The number of esters is 1. The number of hydrogen-bond donors (Lipinski definition) is 1. The lowest BCUT2D eigenvalue weighted by atomic mass is 9.81. The lowest BCUT2D eigenvalue weighted by Gasteiger charge is -2.44. The van der Waals surface area contributed by atoms with Crippen molar-refractivity contribution in [3.8, 4) is 0 Å². The van der Waals surface area contributed by atoms with Crippen LogP contribution in [0.3, 0.4) is 0 Å². The Morgan fingerprint density at radius 2 is 1.83 bits per heavy atom. The van der Waals surface area contributed by atoms with Crippen molar-refractivity contribution in [2.24, 2.45) is 11.8 Å². The summed E-state index contributed by atoms with van der Waals surface area (Å²) in [6.07, 6.45) is 0.615. The Morgan fingerprint density at radius 3 is 2.30 bits per heavy atom. The average Bonchev–Trinajstić information content (AvgIpc) is 2.43. The highest BCUT2D eigenvalue weighted by atomic mass is 32.2. The van der Waals surface area contributed by atoms with Gasteiger partial charge in [-0.05, 0) is 18.3 Å². The van der Waals surface area contributed by atoms with E-state index in [1.165, 1.54) is 6.92 Å². The van der Waals surface area contributed by atoms with Gasteiger partial charge in [-0.3, -0.25) is 13.8 Å². The SMILES string of the molecule is CCC1OC(OC(C)=O)C(NC(=O)COS(C)(=O)=O)[C@@H](C)[C@H]1C. The summed E-state index contributed by atoms with van der Waals surface area (Å²) < 4.78 is 37.3.